The second kappa shape index (κ2) is 5.89. The largest absolute Gasteiger partial charge is 0.314 e. The van der Waals surface area contributed by atoms with Crippen LogP contribution >= 0.6 is 0 Å². The Morgan fingerprint density at radius 1 is 0.933 bits per heavy atom. The highest BCUT2D eigenvalue weighted by Gasteiger charge is 2.23. The van der Waals surface area contributed by atoms with Crippen molar-refractivity contribution in [3.8, 4) is 0 Å². The van der Waals surface area contributed by atoms with E-state index >= 15 is 0 Å². The molecular formula is C14H27N. The minimum absolute atomic E-state index is 0.854. The molecular weight excluding hydrogens is 182 g/mol. The smallest absolute Gasteiger partial charge is 0.00672 e. The summed E-state index contributed by atoms with van der Waals surface area (Å²) >= 11 is 0. The molecule has 1 heteroatoms. The molecule has 0 radical (unpaired) electrons. The van der Waals surface area contributed by atoms with E-state index in [0.29, 0.717) is 0 Å². The van der Waals surface area contributed by atoms with Gasteiger partial charge in [0.05, 0.1) is 0 Å². The van der Waals surface area contributed by atoms with Crippen LogP contribution in [0.2, 0.25) is 0 Å². The van der Waals surface area contributed by atoms with Crippen LogP contribution in [0.4, 0.5) is 0 Å². The Labute approximate surface area is 95.0 Å². The summed E-state index contributed by atoms with van der Waals surface area (Å²) in [5.41, 5.74) is 0. The van der Waals surface area contributed by atoms with Gasteiger partial charge in [0.25, 0.3) is 0 Å². The van der Waals surface area contributed by atoms with E-state index in [4.69, 9.17) is 0 Å². The van der Waals surface area contributed by atoms with Crippen LogP contribution in [-0.4, -0.2) is 12.6 Å². The molecule has 0 saturated heterocycles. The SMILES string of the molecule is CCCC1CCCC(NCC2CC2)CC1. The molecule has 0 amide bonds. The maximum Gasteiger partial charge on any atom is 0.00672 e. The summed E-state index contributed by atoms with van der Waals surface area (Å²) in [4.78, 5) is 0. The highest BCUT2D eigenvalue weighted by molar-refractivity contribution is 4.80. The van der Waals surface area contributed by atoms with Crippen molar-refractivity contribution in [2.24, 2.45) is 11.8 Å². The van der Waals surface area contributed by atoms with Crippen LogP contribution in [0.5, 0.6) is 0 Å². The van der Waals surface area contributed by atoms with E-state index in [1.54, 1.807) is 0 Å². The zero-order valence-corrected chi connectivity index (χ0v) is 10.3. The molecule has 2 aliphatic rings. The molecule has 2 rings (SSSR count). The lowest BCUT2D eigenvalue weighted by molar-refractivity contribution is 0.408. The fourth-order valence-corrected chi connectivity index (χ4v) is 2.93. The minimum Gasteiger partial charge on any atom is -0.314 e. The molecule has 0 aromatic heterocycles. The van der Waals surface area contributed by atoms with Gasteiger partial charge in [0.1, 0.15) is 0 Å². The van der Waals surface area contributed by atoms with Crippen LogP contribution in [0, 0.1) is 11.8 Å². The topological polar surface area (TPSA) is 12.0 Å². The summed E-state index contributed by atoms with van der Waals surface area (Å²) < 4.78 is 0. The molecule has 1 N–H and O–H groups in total. The summed E-state index contributed by atoms with van der Waals surface area (Å²) in [5, 5.41) is 3.79. The van der Waals surface area contributed by atoms with Gasteiger partial charge in [0.2, 0.25) is 0 Å². The first kappa shape index (κ1) is 11.4. The Morgan fingerprint density at radius 2 is 1.73 bits per heavy atom. The predicted octanol–water partition coefficient (Wildman–Crippen LogP) is 3.74. The Hall–Kier alpha value is -0.0400. The molecule has 2 saturated carbocycles. The quantitative estimate of drug-likeness (QED) is 0.680. The predicted molar refractivity (Wildman–Crippen MR) is 66.0 cm³/mol. The average molecular weight is 209 g/mol. The Balaban J connectivity index is 1.64. The van der Waals surface area contributed by atoms with Crippen LogP contribution in [0.25, 0.3) is 0 Å². The maximum absolute atomic E-state index is 3.79. The van der Waals surface area contributed by atoms with Gasteiger partial charge in [-0.3, -0.25) is 0 Å². The zero-order valence-electron chi connectivity index (χ0n) is 10.3. The summed E-state index contributed by atoms with van der Waals surface area (Å²) in [6, 6.07) is 0.854. The molecule has 0 spiro atoms. The van der Waals surface area contributed by atoms with Crippen molar-refractivity contribution in [3.05, 3.63) is 0 Å². The second-order valence-corrected chi connectivity index (χ2v) is 5.71. The normalized spacial score (nSPS) is 32.6. The third kappa shape index (κ3) is 4.14. The highest BCUT2D eigenvalue weighted by atomic mass is 14.9. The standard InChI is InChI=1S/C14H27N/c1-2-4-12-5-3-6-14(10-9-12)15-11-13-7-8-13/h12-15H,2-11H2,1H3. The van der Waals surface area contributed by atoms with Crippen molar-refractivity contribution >= 4 is 0 Å². The third-order valence-electron chi connectivity index (χ3n) is 4.18. The number of hydrogen-bond acceptors (Lipinski definition) is 1. The molecule has 0 heterocycles. The molecule has 0 aromatic carbocycles. The molecule has 0 aromatic rings. The molecule has 2 unspecified atom stereocenters. The van der Waals surface area contributed by atoms with Gasteiger partial charge < -0.3 is 5.32 Å². The lowest BCUT2D eigenvalue weighted by Crippen LogP contribution is -2.30. The van der Waals surface area contributed by atoms with E-state index in [-0.39, 0.29) is 0 Å². The van der Waals surface area contributed by atoms with Crippen LogP contribution < -0.4 is 5.32 Å². The molecule has 0 bridgehead atoms. The summed E-state index contributed by atoms with van der Waals surface area (Å²) in [6.07, 6.45) is 13.1. The van der Waals surface area contributed by atoms with Crippen molar-refractivity contribution < 1.29 is 0 Å². The van der Waals surface area contributed by atoms with E-state index in [0.717, 1.165) is 17.9 Å². The first-order valence-corrected chi connectivity index (χ1v) is 7.12. The van der Waals surface area contributed by atoms with Crippen LogP contribution in [0.1, 0.15) is 64.7 Å². The first-order valence-electron chi connectivity index (χ1n) is 7.12. The molecule has 1 nitrogen and oxygen atoms in total. The van der Waals surface area contributed by atoms with Crippen molar-refractivity contribution in [2.75, 3.05) is 6.54 Å². The zero-order chi connectivity index (χ0) is 10.5. The Morgan fingerprint density at radius 3 is 2.47 bits per heavy atom. The third-order valence-corrected chi connectivity index (χ3v) is 4.18. The summed E-state index contributed by atoms with van der Waals surface area (Å²) in [7, 11) is 0. The molecule has 2 aliphatic carbocycles. The van der Waals surface area contributed by atoms with Gasteiger partial charge >= 0.3 is 0 Å². The molecule has 2 atom stereocenters. The number of rotatable bonds is 5. The van der Waals surface area contributed by atoms with E-state index in [1.165, 1.54) is 64.3 Å². The van der Waals surface area contributed by atoms with Gasteiger partial charge in [-0.25, -0.2) is 0 Å². The van der Waals surface area contributed by atoms with E-state index in [1.807, 2.05) is 0 Å². The Bertz CT molecular complexity index is 174. The van der Waals surface area contributed by atoms with Gasteiger partial charge in [-0.05, 0) is 50.5 Å². The lowest BCUT2D eigenvalue weighted by atomic mass is 9.95. The fraction of sp³-hybridized carbons (Fsp3) is 1.00. The summed E-state index contributed by atoms with van der Waals surface area (Å²) in [6.45, 7) is 3.64. The van der Waals surface area contributed by atoms with Gasteiger partial charge in [-0.1, -0.05) is 32.6 Å². The van der Waals surface area contributed by atoms with Gasteiger partial charge in [0.15, 0.2) is 0 Å². The maximum atomic E-state index is 3.79. The second-order valence-electron chi connectivity index (χ2n) is 5.71. The molecule has 2 fully saturated rings. The summed E-state index contributed by atoms with van der Waals surface area (Å²) in [5.74, 6) is 2.09. The average Bonchev–Trinajstić information content (AvgIpc) is 3.02. The molecule has 88 valence electrons. The lowest BCUT2D eigenvalue weighted by Gasteiger charge is -2.16. The van der Waals surface area contributed by atoms with Crippen molar-refractivity contribution in [3.63, 3.8) is 0 Å². The van der Waals surface area contributed by atoms with E-state index < -0.39 is 0 Å². The van der Waals surface area contributed by atoms with Gasteiger partial charge in [0, 0.05) is 6.04 Å². The number of hydrogen-bond donors (Lipinski definition) is 1. The van der Waals surface area contributed by atoms with E-state index in [2.05, 4.69) is 12.2 Å². The molecule has 0 aliphatic heterocycles. The van der Waals surface area contributed by atoms with Crippen LogP contribution in [-0.2, 0) is 0 Å². The van der Waals surface area contributed by atoms with Crippen molar-refractivity contribution in [1.82, 2.24) is 5.32 Å². The first-order chi connectivity index (χ1) is 7.38. The minimum atomic E-state index is 0.854. The van der Waals surface area contributed by atoms with Crippen LogP contribution in [0.15, 0.2) is 0 Å². The highest BCUT2D eigenvalue weighted by Crippen LogP contribution is 2.30. The molecule has 15 heavy (non-hydrogen) atoms. The van der Waals surface area contributed by atoms with Gasteiger partial charge in [-0.15, -0.1) is 0 Å². The van der Waals surface area contributed by atoms with Crippen LogP contribution in [0.3, 0.4) is 0 Å². The fourth-order valence-electron chi connectivity index (χ4n) is 2.93. The number of nitrogens with one attached hydrogen (secondary N) is 1. The monoisotopic (exact) mass is 209 g/mol. The van der Waals surface area contributed by atoms with E-state index in [9.17, 15) is 0 Å². The Kier molecular flexibility index (Phi) is 4.49. The van der Waals surface area contributed by atoms with Crippen molar-refractivity contribution in [2.45, 2.75) is 70.8 Å². The van der Waals surface area contributed by atoms with Crippen molar-refractivity contribution in [1.29, 1.82) is 0 Å². The van der Waals surface area contributed by atoms with Gasteiger partial charge in [-0.2, -0.15) is 0 Å².